The third-order valence-electron chi connectivity index (χ3n) is 4.27. The van der Waals surface area contributed by atoms with Gasteiger partial charge >= 0.3 is 0 Å². The van der Waals surface area contributed by atoms with Crippen molar-refractivity contribution in [1.82, 2.24) is 20.4 Å². The smallest absolute Gasteiger partial charge is 0.191 e. The van der Waals surface area contributed by atoms with Gasteiger partial charge in [0.15, 0.2) is 5.96 Å². The van der Waals surface area contributed by atoms with Crippen LogP contribution in [-0.4, -0.2) is 35.9 Å². The highest BCUT2D eigenvalue weighted by Crippen LogP contribution is 2.16. The van der Waals surface area contributed by atoms with Gasteiger partial charge in [-0.15, -0.1) is 24.0 Å². The van der Waals surface area contributed by atoms with E-state index in [1.54, 1.807) is 18.4 Å². The fraction of sp³-hybridized carbons (Fsp3) is 0.300. The van der Waals surface area contributed by atoms with E-state index in [2.05, 4.69) is 62.8 Å². The van der Waals surface area contributed by atoms with Crippen LogP contribution in [-0.2, 0) is 6.42 Å². The summed E-state index contributed by atoms with van der Waals surface area (Å²) in [5.74, 6) is 1.30. The zero-order valence-corrected chi connectivity index (χ0v) is 18.8. The third-order valence-corrected chi connectivity index (χ3v) is 4.98. The first-order valence-corrected chi connectivity index (χ1v) is 9.76. The van der Waals surface area contributed by atoms with Gasteiger partial charge in [-0.05, 0) is 52.4 Å². The lowest BCUT2D eigenvalue weighted by molar-refractivity contribution is 0.700. The van der Waals surface area contributed by atoms with E-state index in [1.807, 2.05) is 29.1 Å². The van der Waals surface area contributed by atoms with Crippen molar-refractivity contribution in [3.05, 3.63) is 70.7 Å². The fourth-order valence-corrected chi connectivity index (χ4v) is 3.46. The molecule has 2 N–H and O–H groups in total. The molecule has 0 saturated carbocycles. The normalized spacial score (nSPS) is 12.3. The van der Waals surface area contributed by atoms with Crippen LogP contribution in [0.3, 0.4) is 0 Å². The topological polar surface area (TPSA) is 54.2 Å². The Hall–Kier alpha value is -1.87. The van der Waals surface area contributed by atoms with Crippen molar-refractivity contribution in [2.24, 2.45) is 4.99 Å². The SMILES string of the molecule is CN=C(NCCc1cnn(-c2ccccc2)c1)NCC(C)c1ccsc1.I. The van der Waals surface area contributed by atoms with Crippen LogP contribution in [0.25, 0.3) is 5.69 Å². The molecule has 3 rings (SSSR count). The molecule has 7 heteroatoms. The number of hydrogen-bond donors (Lipinski definition) is 2. The minimum absolute atomic E-state index is 0. The summed E-state index contributed by atoms with van der Waals surface area (Å²) in [4.78, 5) is 4.30. The van der Waals surface area contributed by atoms with Gasteiger partial charge in [-0.25, -0.2) is 4.68 Å². The van der Waals surface area contributed by atoms with E-state index in [0.29, 0.717) is 5.92 Å². The molecule has 27 heavy (non-hydrogen) atoms. The molecule has 1 atom stereocenters. The van der Waals surface area contributed by atoms with Crippen molar-refractivity contribution in [2.75, 3.05) is 20.1 Å². The molecule has 3 aromatic rings. The van der Waals surface area contributed by atoms with Crippen LogP contribution in [0.5, 0.6) is 0 Å². The zero-order chi connectivity index (χ0) is 18.2. The molecule has 1 unspecified atom stereocenters. The number of aromatic nitrogens is 2. The van der Waals surface area contributed by atoms with Gasteiger partial charge in [-0.3, -0.25) is 4.99 Å². The van der Waals surface area contributed by atoms with Crippen LogP contribution in [0.4, 0.5) is 0 Å². The lowest BCUT2D eigenvalue weighted by Gasteiger charge is -2.15. The van der Waals surface area contributed by atoms with E-state index in [9.17, 15) is 0 Å². The Morgan fingerprint density at radius 3 is 2.74 bits per heavy atom. The minimum atomic E-state index is 0. The highest BCUT2D eigenvalue weighted by atomic mass is 127. The molecule has 0 amide bonds. The highest BCUT2D eigenvalue weighted by Gasteiger charge is 2.07. The molecular formula is C20H26IN5S. The second-order valence-electron chi connectivity index (χ2n) is 6.22. The maximum Gasteiger partial charge on any atom is 0.191 e. The number of aliphatic imine (C=N–C) groups is 1. The molecule has 0 aliphatic rings. The van der Waals surface area contributed by atoms with Crippen molar-refractivity contribution in [3.63, 3.8) is 0 Å². The molecule has 2 heterocycles. The van der Waals surface area contributed by atoms with Gasteiger partial charge in [0.25, 0.3) is 0 Å². The van der Waals surface area contributed by atoms with Crippen LogP contribution in [0.1, 0.15) is 24.0 Å². The number of rotatable bonds is 7. The Kier molecular flexibility index (Phi) is 8.80. The molecule has 1 aromatic carbocycles. The minimum Gasteiger partial charge on any atom is -0.356 e. The summed E-state index contributed by atoms with van der Waals surface area (Å²) in [6, 6.07) is 12.3. The lowest BCUT2D eigenvalue weighted by atomic mass is 10.1. The summed E-state index contributed by atoms with van der Waals surface area (Å²) >= 11 is 1.74. The summed E-state index contributed by atoms with van der Waals surface area (Å²) < 4.78 is 1.91. The third kappa shape index (κ3) is 6.35. The fourth-order valence-electron chi connectivity index (χ4n) is 2.68. The average molecular weight is 495 g/mol. The van der Waals surface area contributed by atoms with E-state index in [0.717, 1.165) is 31.2 Å². The van der Waals surface area contributed by atoms with Gasteiger partial charge < -0.3 is 10.6 Å². The Labute approximate surface area is 181 Å². The number of guanidine groups is 1. The molecule has 0 spiro atoms. The van der Waals surface area contributed by atoms with E-state index in [4.69, 9.17) is 0 Å². The van der Waals surface area contributed by atoms with Gasteiger partial charge in [0.1, 0.15) is 0 Å². The van der Waals surface area contributed by atoms with Crippen LogP contribution in [0, 0.1) is 0 Å². The predicted molar refractivity (Wildman–Crippen MR) is 125 cm³/mol. The molecule has 144 valence electrons. The number of nitrogens with zero attached hydrogens (tertiary/aromatic N) is 3. The van der Waals surface area contributed by atoms with Gasteiger partial charge in [-0.1, -0.05) is 25.1 Å². The van der Waals surface area contributed by atoms with Crippen molar-refractivity contribution >= 4 is 41.3 Å². The lowest BCUT2D eigenvalue weighted by Crippen LogP contribution is -2.39. The van der Waals surface area contributed by atoms with Crippen LogP contribution >= 0.6 is 35.3 Å². The quantitative estimate of drug-likeness (QED) is 0.295. The highest BCUT2D eigenvalue weighted by molar-refractivity contribution is 14.0. The van der Waals surface area contributed by atoms with E-state index >= 15 is 0 Å². The molecule has 0 saturated heterocycles. The Morgan fingerprint density at radius 1 is 1.22 bits per heavy atom. The second kappa shape index (κ2) is 11.1. The van der Waals surface area contributed by atoms with Gasteiger partial charge in [0.2, 0.25) is 0 Å². The summed E-state index contributed by atoms with van der Waals surface area (Å²) in [5, 5.41) is 15.5. The number of hydrogen-bond acceptors (Lipinski definition) is 3. The first-order chi connectivity index (χ1) is 12.8. The van der Waals surface area contributed by atoms with E-state index < -0.39 is 0 Å². The summed E-state index contributed by atoms with van der Waals surface area (Å²) in [7, 11) is 1.80. The molecular weight excluding hydrogens is 469 g/mol. The standard InChI is InChI=1S/C20H25N5S.HI/c1-16(18-9-11-26-15-18)12-23-20(21-2)22-10-8-17-13-24-25(14-17)19-6-4-3-5-7-19;/h3-7,9,11,13-16H,8,10,12H2,1-2H3,(H2,21,22,23);1H. The molecule has 0 bridgehead atoms. The van der Waals surface area contributed by atoms with Crippen LogP contribution in [0.15, 0.2) is 64.5 Å². The van der Waals surface area contributed by atoms with E-state index in [-0.39, 0.29) is 24.0 Å². The monoisotopic (exact) mass is 495 g/mol. The predicted octanol–water partition coefficient (Wildman–Crippen LogP) is 4.06. The van der Waals surface area contributed by atoms with Crippen molar-refractivity contribution in [2.45, 2.75) is 19.3 Å². The van der Waals surface area contributed by atoms with Gasteiger partial charge in [-0.2, -0.15) is 16.4 Å². The van der Waals surface area contributed by atoms with E-state index in [1.165, 1.54) is 11.1 Å². The van der Waals surface area contributed by atoms with Crippen molar-refractivity contribution in [1.29, 1.82) is 0 Å². The molecule has 0 aliphatic carbocycles. The summed E-state index contributed by atoms with van der Waals surface area (Å²) in [6.07, 6.45) is 4.89. The maximum atomic E-state index is 4.44. The Bertz CT molecular complexity index is 814. The Morgan fingerprint density at radius 2 is 2.04 bits per heavy atom. The molecule has 0 aliphatic heterocycles. The summed E-state index contributed by atoms with van der Waals surface area (Å²) in [5.41, 5.74) is 3.64. The number of benzene rings is 1. The van der Waals surface area contributed by atoms with Crippen molar-refractivity contribution < 1.29 is 0 Å². The molecule has 0 fully saturated rings. The maximum absolute atomic E-state index is 4.44. The van der Waals surface area contributed by atoms with Gasteiger partial charge in [0, 0.05) is 26.3 Å². The average Bonchev–Trinajstić information content (AvgIpc) is 3.37. The first kappa shape index (κ1) is 21.4. The summed E-state index contributed by atoms with van der Waals surface area (Å²) in [6.45, 7) is 3.90. The largest absolute Gasteiger partial charge is 0.356 e. The second-order valence-corrected chi connectivity index (χ2v) is 7.00. The number of thiophene rings is 1. The van der Waals surface area contributed by atoms with Crippen molar-refractivity contribution in [3.8, 4) is 5.69 Å². The molecule has 5 nitrogen and oxygen atoms in total. The zero-order valence-electron chi connectivity index (χ0n) is 15.6. The number of nitrogens with one attached hydrogen (secondary N) is 2. The molecule has 2 aromatic heterocycles. The van der Waals surface area contributed by atoms with Gasteiger partial charge in [0.05, 0.1) is 11.9 Å². The first-order valence-electron chi connectivity index (χ1n) is 8.82. The number of halogens is 1. The number of para-hydroxylation sites is 1. The van der Waals surface area contributed by atoms with Crippen LogP contribution in [0.2, 0.25) is 0 Å². The molecule has 0 radical (unpaired) electrons. The van der Waals surface area contributed by atoms with Crippen LogP contribution < -0.4 is 10.6 Å². The Balaban J connectivity index is 0.00000261.